The minimum absolute atomic E-state index is 0.119. The maximum atomic E-state index is 12.7. The molecule has 0 fully saturated rings. The molecular weight excluding hydrogens is 438 g/mol. The molecule has 33 heavy (non-hydrogen) atoms. The number of rotatable bonds is 17. The number of guanidine groups is 1. The van der Waals surface area contributed by atoms with Crippen LogP contribution in [0.2, 0.25) is 0 Å². The summed E-state index contributed by atoms with van der Waals surface area (Å²) >= 11 is 0. The quantitative estimate of drug-likeness (QED) is 0.0212. The van der Waals surface area contributed by atoms with Gasteiger partial charge in [-0.25, -0.2) is 4.79 Å². The lowest BCUT2D eigenvalue weighted by molar-refractivity contribution is -0.142. The fourth-order valence-electron chi connectivity index (χ4n) is 2.60. The Kier molecular flexibility index (Phi) is 14.9. The fraction of sp³-hybridized carbons (Fsp3) is 0.706. The number of carboxylic acids is 1. The zero-order chi connectivity index (χ0) is 25.2. The van der Waals surface area contributed by atoms with Gasteiger partial charge >= 0.3 is 5.97 Å². The molecule has 3 amide bonds. The maximum Gasteiger partial charge on any atom is 0.326 e. The number of azide groups is 1. The number of nitrogens with one attached hydrogen (secondary N) is 4. The first kappa shape index (κ1) is 29.2. The van der Waals surface area contributed by atoms with Crippen molar-refractivity contribution in [2.45, 2.75) is 57.2 Å². The highest BCUT2D eigenvalue weighted by atomic mass is 16.4. The van der Waals surface area contributed by atoms with Crippen molar-refractivity contribution in [1.29, 1.82) is 0 Å². The molecule has 3 atom stereocenters. The number of aliphatic carboxylic acids is 1. The van der Waals surface area contributed by atoms with Crippen LogP contribution in [-0.4, -0.2) is 72.5 Å². The number of unbranched alkanes of at least 4 members (excludes halogenated alkanes) is 1. The molecule has 16 nitrogen and oxygen atoms in total. The Morgan fingerprint density at radius 1 is 1.00 bits per heavy atom. The van der Waals surface area contributed by atoms with E-state index in [1.807, 2.05) is 0 Å². The summed E-state index contributed by atoms with van der Waals surface area (Å²) in [6, 6.07) is -3.24. The van der Waals surface area contributed by atoms with Crippen molar-refractivity contribution in [3.05, 3.63) is 10.4 Å². The second kappa shape index (κ2) is 16.9. The van der Waals surface area contributed by atoms with Crippen LogP contribution in [0.5, 0.6) is 0 Å². The van der Waals surface area contributed by atoms with Gasteiger partial charge in [-0.2, -0.15) is 4.91 Å². The van der Waals surface area contributed by atoms with Gasteiger partial charge in [0.15, 0.2) is 5.96 Å². The standard InChI is InChI=1S/C17H33N11O5/c1-10(24-13(29)9-18)14(30)25-11(6-4-7-22-17(19)20)15(31)26-12(16(32)33)5-2-3-8-23-28-27-21/h10-12,23H,2-9,18H2,1H3,(H,24,29)(H,25,30)(H,26,31)(H,32,33)(H4,19,20,22)/t10-,11-,12-/m0/s1. The van der Waals surface area contributed by atoms with Gasteiger partial charge in [-0.1, -0.05) is 0 Å². The molecule has 0 radical (unpaired) electrons. The molecule has 0 spiro atoms. The number of hydrogen-bond acceptors (Lipinski definition) is 7. The van der Waals surface area contributed by atoms with Crippen LogP contribution in [0.4, 0.5) is 0 Å². The van der Waals surface area contributed by atoms with Gasteiger partial charge in [0.1, 0.15) is 18.1 Å². The van der Waals surface area contributed by atoms with E-state index in [0.29, 0.717) is 25.8 Å². The molecule has 0 aromatic carbocycles. The summed E-state index contributed by atoms with van der Waals surface area (Å²) in [5, 5.41) is 19.9. The zero-order valence-electron chi connectivity index (χ0n) is 18.5. The van der Waals surface area contributed by atoms with Crippen LogP contribution in [-0.2, 0) is 19.2 Å². The van der Waals surface area contributed by atoms with Crippen molar-refractivity contribution in [3.63, 3.8) is 0 Å². The lowest BCUT2D eigenvalue weighted by Crippen LogP contribution is -2.55. The predicted molar refractivity (Wildman–Crippen MR) is 119 cm³/mol. The number of carbonyl (C=O) groups is 4. The molecule has 0 aliphatic heterocycles. The number of carbonyl (C=O) groups excluding carboxylic acids is 3. The van der Waals surface area contributed by atoms with Crippen LogP contribution >= 0.6 is 0 Å². The Balaban J connectivity index is 5.08. The van der Waals surface area contributed by atoms with Gasteiger partial charge < -0.3 is 38.3 Å². The van der Waals surface area contributed by atoms with E-state index in [9.17, 15) is 24.3 Å². The normalized spacial score (nSPS) is 12.8. The number of aliphatic imine (C=N–C) groups is 1. The molecule has 0 unspecified atom stereocenters. The molecule has 0 saturated heterocycles. The van der Waals surface area contributed by atoms with Crippen molar-refractivity contribution in [1.82, 2.24) is 21.4 Å². The molecule has 11 N–H and O–H groups in total. The molecule has 0 aliphatic rings. The lowest BCUT2D eigenvalue weighted by Gasteiger charge is -2.23. The fourth-order valence-corrected chi connectivity index (χ4v) is 2.60. The van der Waals surface area contributed by atoms with Crippen LogP contribution in [0.15, 0.2) is 10.2 Å². The first-order valence-corrected chi connectivity index (χ1v) is 10.3. The Morgan fingerprint density at radius 3 is 2.21 bits per heavy atom. The van der Waals surface area contributed by atoms with E-state index >= 15 is 0 Å². The summed E-state index contributed by atoms with van der Waals surface area (Å²) in [5.74, 6) is -3.26. The van der Waals surface area contributed by atoms with Crippen molar-refractivity contribution < 1.29 is 24.3 Å². The molecule has 0 aromatic rings. The topological polar surface area (TPSA) is 276 Å². The molecule has 0 rings (SSSR count). The van der Waals surface area contributed by atoms with Crippen molar-refractivity contribution in [3.8, 4) is 0 Å². The Morgan fingerprint density at radius 2 is 1.64 bits per heavy atom. The molecule has 186 valence electrons. The summed E-state index contributed by atoms with van der Waals surface area (Å²) in [4.78, 5) is 54.4. The number of nitrogens with zero attached hydrogens (tertiary/aromatic N) is 4. The van der Waals surface area contributed by atoms with Crippen LogP contribution in [0.3, 0.4) is 0 Å². The Labute approximate surface area is 190 Å². The van der Waals surface area contributed by atoms with E-state index in [0.717, 1.165) is 0 Å². The second-order valence-corrected chi connectivity index (χ2v) is 7.00. The highest BCUT2D eigenvalue weighted by Crippen LogP contribution is 2.05. The van der Waals surface area contributed by atoms with Crippen LogP contribution < -0.4 is 38.6 Å². The van der Waals surface area contributed by atoms with Gasteiger partial charge in [0.2, 0.25) is 17.7 Å². The van der Waals surface area contributed by atoms with E-state index in [2.05, 4.69) is 36.5 Å². The van der Waals surface area contributed by atoms with Gasteiger partial charge in [0.25, 0.3) is 0 Å². The van der Waals surface area contributed by atoms with E-state index in [-0.39, 0.29) is 31.9 Å². The third kappa shape index (κ3) is 14.0. The van der Waals surface area contributed by atoms with Crippen LogP contribution in [0.25, 0.3) is 10.4 Å². The molecule has 0 saturated carbocycles. The molecular formula is C17H33N11O5. The molecule has 0 heterocycles. The molecule has 0 bridgehead atoms. The van der Waals surface area contributed by atoms with Gasteiger partial charge in [-0.15, -0.1) is 5.53 Å². The highest BCUT2D eigenvalue weighted by Gasteiger charge is 2.27. The first-order chi connectivity index (χ1) is 15.6. The van der Waals surface area contributed by atoms with Gasteiger partial charge in [-0.3, -0.25) is 24.8 Å². The zero-order valence-corrected chi connectivity index (χ0v) is 18.5. The third-order valence-corrected chi connectivity index (χ3v) is 4.30. The monoisotopic (exact) mass is 471 g/mol. The Bertz CT molecular complexity index is 735. The van der Waals surface area contributed by atoms with Crippen LogP contribution in [0.1, 0.15) is 39.0 Å². The summed E-state index contributed by atoms with van der Waals surface area (Å²) in [6.07, 6.45) is 1.50. The summed E-state index contributed by atoms with van der Waals surface area (Å²) in [6.45, 7) is 1.66. The van der Waals surface area contributed by atoms with Crippen molar-refractivity contribution in [2.75, 3.05) is 19.6 Å². The highest BCUT2D eigenvalue weighted by molar-refractivity contribution is 5.93. The van der Waals surface area contributed by atoms with E-state index in [1.54, 1.807) is 0 Å². The van der Waals surface area contributed by atoms with Crippen molar-refractivity contribution >= 4 is 29.7 Å². The van der Waals surface area contributed by atoms with E-state index < -0.39 is 41.8 Å². The van der Waals surface area contributed by atoms with E-state index in [4.69, 9.17) is 22.7 Å². The Hall–Kier alpha value is -3.78. The van der Waals surface area contributed by atoms with E-state index in [1.165, 1.54) is 6.92 Å². The first-order valence-electron chi connectivity index (χ1n) is 10.3. The number of amides is 3. The largest absolute Gasteiger partial charge is 0.480 e. The average molecular weight is 472 g/mol. The molecule has 16 heteroatoms. The number of hydrogen-bond donors (Lipinski definition) is 8. The number of carboxylic acid groups (broad SMARTS) is 1. The maximum absolute atomic E-state index is 12.7. The third-order valence-electron chi connectivity index (χ3n) is 4.30. The average Bonchev–Trinajstić information content (AvgIpc) is 2.76. The van der Waals surface area contributed by atoms with Gasteiger partial charge in [-0.05, 0) is 44.3 Å². The predicted octanol–water partition coefficient (Wildman–Crippen LogP) is -2.46. The van der Waals surface area contributed by atoms with Crippen molar-refractivity contribution in [2.24, 2.45) is 27.4 Å². The summed E-state index contributed by atoms with van der Waals surface area (Å²) in [5.41, 5.74) is 26.4. The summed E-state index contributed by atoms with van der Waals surface area (Å²) in [7, 11) is 0. The smallest absolute Gasteiger partial charge is 0.326 e. The minimum Gasteiger partial charge on any atom is -0.480 e. The minimum atomic E-state index is -1.24. The molecule has 0 aliphatic carbocycles. The lowest BCUT2D eigenvalue weighted by atomic mass is 10.1. The summed E-state index contributed by atoms with van der Waals surface area (Å²) < 4.78 is 0. The van der Waals surface area contributed by atoms with Gasteiger partial charge in [0.05, 0.1) is 13.1 Å². The molecule has 0 aromatic heterocycles. The van der Waals surface area contributed by atoms with Gasteiger partial charge in [0, 0.05) is 6.54 Å². The van der Waals surface area contributed by atoms with Crippen LogP contribution in [0, 0.1) is 0 Å². The SMILES string of the molecule is C[C@H](NC(=O)CN)C(=O)N[C@@H](CCCN=C(N)N)C(=O)N[C@@H](CCCCNN=[N+]=[N-])C(=O)O. The second-order valence-electron chi connectivity index (χ2n) is 7.00. The number of nitrogens with two attached hydrogens (primary N) is 3.